The number of aryl methyl sites for hydroxylation is 1. The summed E-state index contributed by atoms with van der Waals surface area (Å²) in [4.78, 5) is 2.43. The fraction of sp³-hybridized carbons (Fsp3) is 0.647. The van der Waals surface area contributed by atoms with E-state index in [0.717, 1.165) is 25.6 Å². The Morgan fingerprint density at radius 2 is 1.74 bits per heavy atom. The van der Waals surface area contributed by atoms with E-state index in [4.69, 9.17) is 0 Å². The van der Waals surface area contributed by atoms with Gasteiger partial charge in [0.2, 0.25) is 0 Å². The maximum absolute atomic E-state index is 3.28. The van der Waals surface area contributed by atoms with Gasteiger partial charge >= 0.3 is 0 Å². The first-order valence-electron chi connectivity index (χ1n) is 7.60. The molecule has 0 radical (unpaired) electrons. The van der Waals surface area contributed by atoms with Crippen LogP contribution in [0, 0.1) is 5.92 Å². The zero-order chi connectivity index (χ0) is 14.1. The summed E-state index contributed by atoms with van der Waals surface area (Å²) >= 11 is 0. The van der Waals surface area contributed by atoms with Gasteiger partial charge in [-0.3, -0.25) is 0 Å². The Bertz CT molecular complexity index is 332. The lowest BCUT2D eigenvalue weighted by Crippen LogP contribution is -2.30. The zero-order valence-electron chi connectivity index (χ0n) is 13.1. The molecule has 0 aliphatic heterocycles. The molecule has 1 rings (SSSR count). The first kappa shape index (κ1) is 16.2. The van der Waals surface area contributed by atoms with Gasteiger partial charge in [-0.15, -0.1) is 0 Å². The van der Waals surface area contributed by atoms with Gasteiger partial charge in [-0.05, 0) is 44.1 Å². The minimum Gasteiger partial charge on any atom is -0.319 e. The maximum Gasteiger partial charge on any atom is 0.0230 e. The van der Waals surface area contributed by atoms with E-state index in [0.29, 0.717) is 0 Å². The number of nitrogens with zero attached hydrogens (tertiary/aromatic N) is 1. The zero-order valence-corrected chi connectivity index (χ0v) is 13.1. The molecule has 0 aliphatic rings. The van der Waals surface area contributed by atoms with E-state index in [1.165, 1.54) is 30.4 Å². The van der Waals surface area contributed by atoms with Crippen LogP contribution in [0.15, 0.2) is 24.3 Å². The summed E-state index contributed by atoms with van der Waals surface area (Å²) in [5.41, 5.74) is 2.87. The van der Waals surface area contributed by atoms with Crippen molar-refractivity contribution in [3.63, 3.8) is 0 Å². The van der Waals surface area contributed by atoms with Crippen LogP contribution in [0.4, 0.5) is 0 Å². The highest BCUT2D eigenvalue weighted by Crippen LogP contribution is 2.10. The largest absolute Gasteiger partial charge is 0.319 e. The summed E-state index contributed by atoms with van der Waals surface area (Å²) in [5, 5.41) is 3.28. The molecule has 1 atom stereocenters. The van der Waals surface area contributed by atoms with Crippen molar-refractivity contribution in [1.29, 1.82) is 0 Å². The fourth-order valence-electron chi connectivity index (χ4n) is 2.54. The van der Waals surface area contributed by atoms with Crippen LogP contribution in [-0.4, -0.2) is 32.1 Å². The van der Waals surface area contributed by atoms with Gasteiger partial charge in [0.15, 0.2) is 0 Å². The third-order valence-electron chi connectivity index (χ3n) is 3.65. The highest BCUT2D eigenvalue weighted by atomic mass is 15.1. The molecule has 108 valence electrons. The minimum absolute atomic E-state index is 0.745. The van der Waals surface area contributed by atoms with Gasteiger partial charge in [0.25, 0.3) is 0 Å². The predicted octanol–water partition coefficient (Wildman–Crippen LogP) is 3.32. The Labute approximate surface area is 119 Å². The normalized spacial score (nSPS) is 12.9. The molecule has 0 fully saturated rings. The van der Waals surface area contributed by atoms with E-state index in [1.807, 2.05) is 7.05 Å². The van der Waals surface area contributed by atoms with Crippen LogP contribution in [0.1, 0.15) is 37.8 Å². The quantitative estimate of drug-likeness (QED) is 0.734. The molecule has 0 bridgehead atoms. The van der Waals surface area contributed by atoms with Gasteiger partial charge in [0.1, 0.15) is 0 Å². The summed E-state index contributed by atoms with van der Waals surface area (Å²) in [6.07, 6.45) is 3.65. The van der Waals surface area contributed by atoms with E-state index in [9.17, 15) is 0 Å². The monoisotopic (exact) mass is 262 g/mol. The molecule has 1 N–H and O–H groups in total. The Kier molecular flexibility index (Phi) is 7.76. The van der Waals surface area contributed by atoms with Gasteiger partial charge in [-0.1, -0.05) is 51.0 Å². The third kappa shape index (κ3) is 6.22. The number of rotatable bonds is 9. The third-order valence-corrected chi connectivity index (χ3v) is 3.65. The highest BCUT2D eigenvalue weighted by Gasteiger charge is 2.09. The smallest absolute Gasteiger partial charge is 0.0230 e. The van der Waals surface area contributed by atoms with E-state index in [1.54, 1.807) is 0 Å². The van der Waals surface area contributed by atoms with Crippen molar-refractivity contribution in [3.8, 4) is 0 Å². The van der Waals surface area contributed by atoms with Crippen LogP contribution in [0.3, 0.4) is 0 Å². The summed E-state index contributed by atoms with van der Waals surface area (Å²) < 4.78 is 0. The van der Waals surface area contributed by atoms with Crippen molar-refractivity contribution in [3.05, 3.63) is 35.4 Å². The van der Waals surface area contributed by atoms with Gasteiger partial charge in [-0.2, -0.15) is 0 Å². The Balaban J connectivity index is 2.44. The van der Waals surface area contributed by atoms with Crippen LogP contribution in [0.5, 0.6) is 0 Å². The molecule has 0 spiro atoms. The lowest BCUT2D eigenvalue weighted by Gasteiger charge is -2.23. The van der Waals surface area contributed by atoms with E-state index in [-0.39, 0.29) is 0 Å². The molecule has 2 heteroatoms. The van der Waals surface area contributed by atoms with Gasteiger partial charge < -0.3 is 10.2 Å². The van der Waals surface area contributed by atoms with Crippen molar-refractivity contribution in [2.24, 2.45) is 5.92 Å². The van der Waals surface area contributed by atoms with Crippen LogP contribution < -0.4 is 5.32 Å². The summed E-state index contributed by atoms with van der Waals surface area (Å²) in [6, 6.07) is 9.11. The molecule has 1 unspecified atom stereocenters. The van der Waals surface area contributed by atoms with E-state index in [2.05, 4.69) is 55.4 Å². The maximum atomic E-state index is 3.28. The number of hydrogen-bond donors (Lipinski definition) is 1. The number of benzene rings is 1. The molecule has 0 aromatic heterocycles. The average molecular weight is 262 g/mol. The topological polar surface area (TPSA) is 15.3 Å². The standard InChI is InChI=1S/C17H30N2/c1-5-7-16-8-10-17(11-9-16)14-19(4)13-15(6-2)12-18-3/h8-11,15,18H,5-7,12-14H2,1-4H3. The summed E-state index contributed by atoms with van der Waals surface area (Å²) in [6.45, 7) is 7.82. The molecule has 0 saturated carbocycles. The lowest BCUT2D eigenvalue weighted by atomic mass is 10.1. The summed E-state index contributed by atoms with van der Waals surface area (Å²) in [7, 11) is 4.26. The van der Waals surface area contributed by atoms with Crippen molar-refractivity contribution in [2.75, 3.05) is 27.2 Å². The van der Waals surface area contributed by atoms with Gasteiger partial charge in [-0.25, -0.2) is 0 Å². The van der Waals surface area contributed by atoms with Crippen molar-refractivity contribution in [2.45, 2.75) is 39.7 Å². The Morgan fingerprint density at radius 1 is 1.11 bits per heavy atom. The van der Waals surface area contributed by atoms with Crippen LogP contribution in [0.2, 0.25) is 0 Å². The predicted molar refractivity (Wildman–Crippen MR) is 84.5 cm³/mol. The summed E-state index contributed by atoms with van der Waals surface area (Å²) in [5.74, 6) is 0.745. The molecule has 1 aromatic carbocycles. The van der Waals surface area contributed by atoms with Crippen LogP contribution in [0.25, 0.3) is 0 Å². The molecule has 19 heavy (non-hydrogen) atoms. The van der Waals surface area contributed by atoms with Crippen LogP contribution >= 0.6 is 0 Å². The van der Waals surface area contributed by atoms with E-state index >= 15 is 0 Å². The molecule has 0 amide bonds. The first-order valence-corrected chi connectivity index (χ1v) is 7.60. The van der Waals surface area contributed by atoms with Gasteiger partial charge in [0, 0.05) is 13.1 Å². The Hall–Kier alpha value is -0.860. The second-order valence-corrected chi connectivity index (χ2v) is 5.60. The molecule has 0 heterocycles. The van der Waals surface area contributed by atoms with Crippen LogP contribution in [-0.2, 0) is 13.0 Å². The number of nitrogens with one attached hydrogen (secondary N) is 1. The second kappa shape index (κ2) is 9.11. The van der Waals surface area contributed by atoms with Crippen molar-refractivity contribution < 1.29 is 0 Å². The lowest BCUT2D eigenvalue weighted by molar-refractivity contribution is 0.262. The second-order valence-electron chi connectivity index (χ2n) is 5.60. The van der Waals surface area contributed by atoms with Gasteiger partial charge in [0.05, 0.1) is 0 Å². The fourth-order valence-corrected chi connectivity index (χ4v) is 2.54. The van der Waals surface area contributed by atoms with Crippen molar-refractivity contribution >= 4 is 0 Å². The molecule has 1 aromatic rings. The minimum atomic E-state index is 0.745. The Morgan fingerprint density at radius 3 is 2.26 bits per heavy atom. The average Bonchev–Trinajstić information content (AvgIpc) is 2.41. The molecule has 0 saturated heterocycles. The molecular formula is C17H30N2. The van der Waals surface area contributed by atoms with Crippen molar-refractivity contribution in [1.82, 2.24) is 10.2 Å². The first-order chi connectivity index (χ1) is 9.19. The SMILES string of the molecule is CCCc1ccc(CN(C)CC(CC)CNC)cc1. The molecule has 0 aliphatic carbocycles. The number of hydrogen-bond acceptors (Lipinski definition) is 2. The molecule has 2 nitrogen and oxygen atoms in total. The van der Waals surface area contributed by atoms with E-state index < -0.39 is 0 Å². The molecular weight excluding hydrogens is 232 g/mol. The highest BCUT2D eigenvalue weighted by molar-refractivity contribution is 5.22.